The number of anilines is 6. The van der Waals surface area contributed by atoms with Crippen molar-refractivity contribution in [1.82, 2.24) is 15.5 Å². The zero-order chi connectivity index (χ0) is 41.0. The third-order valence-electron chi connectivity index (χ3n) is 11.5. The second kappa shape index (κ2) is 17.2. The van der Waals surface area contributed by atoms with Gasteiger partial charge in [0.05, 0.1) is 0 Å². The molecule has 0 radical (unpaired) electrons. The fourth-order valence-electron chi connectivity index (χ4n) is 8.63. The van der Waals surface area contributed by atoms with Crippen molar-refractivity contribution in [2.24, 2.45) is 5.92 Å². The molecular weight excluding hydrogens is 733 g/mol. The van der Waals surface area contributed by atoms with Gasteiger partial charge in [-0.15, -0.1) is 0 Å². The van der Waals surface area contributed by atoms with E-state index in [2.05, 4.69) is 219 Å². The molecule has 8 aromatic rings. The lowest BCUT2D eigenvalue weighted by Gasteiger charge is -2.26. The van der Waals surface area contributed by atoms with Gasteiger partial charge in [0, 0.05) is 63.7 Å². The summed E-state index contributed by atoms with van der Waals surface area (Å²) < 4.78 is 0. The van der Waals surface area contributed by atoms with Gasteiger partial charge in [0.15, 0.2) is 6.54 Å². The number of para-hydroxylation sites is 4. The first kappa shape index (κ1) is 38.7. The second-order valence-corrected chi connectivity index (χ2v) is 16.0. The van der Waals surface area contributed by atoms with Gasteiger partial charge in [0.1, 0.15) is 0 Å². The van der Waals surface area contributed by atoms with E-state index in [-0.39, 0.29) is 6.04 Å². The summed E-state index contributed by atoms with van der Waals surface area (Å²) in [5.41, 5.74) is 14.4. The zero-order valence-corrected chi connectivity index (χ0v) is 35.0. The SMILES string of the molecule is CCC1=c2c(-c3ccc(N(c4ccccc4)c4ccccc4)cc3)c3[n-][n+](CC(C)C)nc3c(-c3ccc(N(c4ccccc4)c4ccccc4)cc3)c2=CC(CC)NC1. The summed E-state index contributed by atoms with van der Waals surface area (Å²) in [7, 11) is 0. The van der Waals surface area contributed by atoms with Crippen LogP contribution < -0.4 is 35.4 Å². The Labute approximate surface area is 353 Å². The maximum Gasteiger partial charge on any atom is 0.165 e. The van der Waals surface area contributed by atoms with Crippen LogP contribution in [0.15, 0.2) is 170 Å². The standard InChI is InChI=1S/C54H52N6/c1-5-39-36-55-42(6-2)35-49-50(39)52(41-29-33-48(34-30-41)60(45-23-15-9-16-24-45)46-25-17-10-18-26-46)54-53(56-58(57-54)37-38(3)4)51(49)40-27-31-47(32-28-40)59(43-19-11-7-12-20-43)44-21-13-8-14-22-44/h7-35,38,42,55H,5-6,36-37H2,1-4H3. The Bertz CT molecular complexity index is 2740. The van der Waals surface area contributed by atoms with E-state index >= 15 is 0 Å². The number of aromatic nitrogens is 3. The number of hydrogen-bond acceptors (Lipinski definition) is 4. The Kier molecular flexibility index (Phi) is 11.1. The highest BCUT2D eigenvalue weighted by molar-refractivity contribution is 6.02. The molecule has 0 spiro atoms. The summed E-state index contributed by atoms with van der Waals surface area (Å²) in [4.78, 5) is 6.56. The molecule has 6 nitrogen and oxygen atoms in total. The lowest BCUT2D eigenvalue weighted by molar-refractivity contribution is -0.808. The van der Waals surface area contributed by atoms with Crippen LogP contribution in [0.25, 0.3) is 44.9 Å². The number of fused-ring (bicyclic) bond motifs is 2. The van der Waals surface area contributed by atoms with Crippen molar-refractivity contribution in [2.45, 2.75) is 53.1 Å². The number of nitrogens with one attached hydrogen (secondary N) is 1. The Hall–Kier alpha value is -6.76. The van der Waals surface area contributed by atoms with Crippen LogP contribution >= 0.6 is 0 Å². The van der Waals surface area contributed by atoms with E-state index in [1.54, 1.807) is 0 Å². The van der Waals surface area contributed by atoms with Gasteiger partial charge in [-0.1, -0.05) is 131 Å². The van der Waals surface area contributed by atoms with E-state index in [4.69, 9.17) is 10.2 Å². The van der Waals surface area contributed by atoms with Crippen molar-refractivity contribution in [3.8, 4) is 22.3 Å². The number of nitrogens with zero attached hydrogens (tertiary/aromatic N) is 5. The molecule has 1 atom stereocenters. The third kappa shape index (κ3) is 7.62. The van der Waals surface area contributed by atoms with Gasteiger partial charge in [0.2, 0.25) is 0 Å². The molecular formula is C54H52N6. The highest BCUT2D eigenvalue weighted by atomic mass is 15.5. The van der Waals surface area contributed by atoms with Crippen molar-refractivity contribution in [3.63, 3.8) is 0 Å². The summed E-state index contributed by atoms with van der Waals surface area (Å²) in [6.07, 6.45) is 4.36. The zero-order valence-electron chi connectivity index (χ0n) is 35.0. The molecule has 0 amide bonds. The minimum Gasteiger partial charge on any atom is -0.311 e. The second-order valence-electron chi connectivity index (χ2n) is 16.0. The first-order valence-corrected chi connectivity index (χ1v) is 21.4. The van der Waals surface area contributed by atoms with Crippen molar-refractivity contribution in [3.05, 3.63) is 180 Å². The Morgan fingerprint density at radius 2 is 1.03 bits per heavy atom. The van der Waals surface area contributed by atoms with Crippen LogP contribution in [0.4, 0.5) is 34.1 Å². The molecule has 0 saturated carbocycles. The molecule has 1 N–H and O–H groups in total. The monoisotopic (exact) mass is 784 g/mol. The van der Waals surface area contributed by atoms with Crippen LogP contribution in [0.5, 0.6) is 0 Å². The number of hydrogen-bond donors (Lipinski definition) is 1. The Morgan fingerprint density at radius 1 is 0.600 bits per heavy atom. The first-order valence-electron chi connectivity index (χ1n) is 21.4. The largest absolute Gasteiger partial charge is 0.311 e. The van der Waals surface area contributed by atoms with E-state index in [9.17, 15) is 0 Å². The van der Waals surface area contributed by atoms with Crippen molar-refractivity contribution < 1.29 is 4.80 Å². The average Bonchev–Trinajstić information content (AvgIpc) is 3.60. The molecule has 1 unspecified atom stereocenters. The molecule has 1 aromatic heterocycles. The normalized spacial score (nSPS) is 13.8. The van der Waals surface area contributed by atoms with E-state index in [0.29, 0.717) is 5.92 Å². The molecule has 1 aliphatic rings. The molecule has 6 heteroatoms. The van der Waals surface area contributed by atoms with Crippen LogP contribution in [-0.4, -0.2) is 17.7 Å². The molecule has 298 valence electrons. The number of rotatable bonds is 12. The molecule has 0 saturated heterocycles. The van der Waals surface area contributed by atoms with Crippen LogP contribution in [0.2, 0.25) is 0 Å². The third-order valence-corrected chi connectivity index (χ3v) is 11.5. The van der Waals surface area contributed by atoms with Gasteiger partial charge >= 0.3 is 0 Å². The van der Waals surface area contributed by atoms with Gasteiger partial charge in [0.25, 0.3) is 0 Å². The van der Waals surface area contributed by atoms with E-state index < -0.39 is 0 Å². The molecule has 0 aliphatic carbocycles. The summed E-state index contributed by atoms with van der Waals surface area (Å²) in [5, 5.41) is 17.1. The lowest BCUT2D eigenvalue weighted by atomic mass is 9.90. The van der Waals surface area contributed by atoms with Crippen LogP contribution in [-0.2, 0) is 6.54 Å². The van der Waals surface area contributed by atoms with Crippen LogP contribution in [0, 0.1) is 5.92 Å². The fraction of sp³-hybridized carbons (Fsp3) is 0.185. The summed E-state index contributed by atoms with van der Waals surface area (Å²) in [5.74, 6) is 0.386. The van der Waals surface area contributed by atoms with E-state index in [1.165, 1.54) is 16.0 Å². The summed E-state index contributed by atoms with van der Waals surface area (Å²) >= 11 is 0. The van der Waals surface area contributed by atoms with Gasteiger partial charge in [-0.3, -0.25) is 0 Å². The quantitative estimate of drug-likeness (QED) is 0.125. The molecule has 9 rings (SSSR count). The maximum atomic E-state index is 5.38. The smallest absolute Gasteiger partial charge is 0.165 e. The van der Waals surface area contributed by atoms with E-state index in [0.717, 1.165) is 93.3 Å². The van der Waals surface area contributed by atoms with Gasteiger partial charge in [-0.25, -0.2) is 0 Å². The van der Waals surface area contributed by atoms with Gasteiger partial charge < -0.3 is 15.1 Å². The van der Waals surface area contributed by atoms with Crippen molar-refractivity contribution >= 4 is 56.8 Å². The van der Waals surface area contributed by atoms with E-state index in [1.807, 2.05) is 4.80 Å². The van der Waals surface area contributed by atoms with Gasteiger partial charge in [-0.05, 0) is 124 Å². The molecule has 2 heterocycles. The minimum atomic E-state index is 0.209. The Balaban J connectivity index is 1.27. The molecule has 0 bridgehead atoms. The molecule has 7 aromatic carbocycles. The number of benzene rings is 7. The van der Waals surface area contributed by atoms with Crippen molar-refractivity contribution in [1.29, 1.82) is 0 Å². The molecule has 60 heavy (non-hydrogen) atoms. The van der Waals surface area contributed by atoms with Crippen LogP contribution in [0.3, 0.4) is 0 Å². The fourth-order valence-corrected chi connectivity index (χ4v) is 8.63. The molecule has 0 fully saturated rings. The highest BCUT2D eigenvalue weighted by Gasteiger charge is 2.23. The lowest BCUT2D eigenvalue weighted by Crippen LogP contribution is -2.42. The molecule has 1 aliphatic heterocycles. The van der Waals surface area contributed by atoms with Crippen LogP contribution in [0.1, 0.15) is 40.5 Å². The average molecular weight is 785 g/mol. The first-order chi connectivity index (χ1) is 29.5. The topological polar surface area (TPSA) is 49.4 Å². The predicted molar refractivity (Wildman–Crippen MR) is 250 cm³/mol. The summed E-state index contributed by atoms with van der Waals surface area (Å²) in [6.45, 7) is 10.6. The minimum absolute atomic E-state index is 0.209. The highest BCUT2D eigenvalue weighted by Crippen LogP contribution is 2.38. The van der Waals surface area contributed by atoms with Crippen molar-refractivity contribution in [2.75, 3.05) is 16.3 Å². The predicted octanol–water partition coefficient (Wildman–Crippen LogP) is 11.1. The maximum absolute atomic E-state index is 5.38. The van der Waals surface area contributed by atoms with Gasteiger partial charge in [-0.2, -0.15) is 15.0 Å². The summed E-state index contributed by atoms with van der Waals surface area (Å²) in [6, 6.07) is 60.7. The Morgan fingerprint density at radius 3 is 1.45 bits per heavy atom.